The zero-order valence-corrected chi connectivity index (χ0v) is 15.6. The first-order valence-corrected chi connectivity index (χ1v) is 8.72. The number of amides is 1. The maximum atomic E-state index is 12.3. The first kappa shape index (κ1) is 18.4. The van der Waals surface area contributed by atoms with Gasteiger partial charge < -0.3 is 10.6 Å². The Morgan fingerprint density at radius 3 is 2.30 bits per heavy atom. The zero-order chi connectivity index (χ0) is 19.4. The van der Waals surface area contributed by atoms with Crippen LogP contribution in [0.25, 0.3) is 5.69 Å². The van der Waals surface area contributed by atoms with Crippen molar-refractivity contribution >= 4 is 23.1 Å². The minimum atomic E-state index is -0.163. The number of benzene rings is 2. The lowest BCUT2D eigenvalue weighted by Gasteiger charge is -2.09. The molecule has 0 aliphatic carbocycles. The van der Waals surface area contributed by atoms with E-state index < -0.39 is 0 Å². The second-order valence-corrected chi connectivity index (χ2v) is 6.33. The van der Waals surface area contributed by atoms with E-state index in [-0.39, 0.29) is 18.2 Å². The molecular formula is C21H22N4O2. The Labute approximate surface area is 158 Å². The third-order valence-electron chi connectivity index (χ3n) is 4.30. The average Bonchev–Trinajstić information content (AvgIpc) is 2.95. The second-order valence-electron chi connectivity index (χ2n) is 6.33. The number of Topliss-reactive ketones (excluding diaryl/α,β-unsaturated/α-hetero) is 1. The van der Waals surface area contributed by atoms with E-state index in [2.05, 4.69) is 15.7 Å². The number of hydrogen-bond donors (Lipinski definition) is 2. The Kier molecular flexibility index (Phi) is 5.35. The fourth-order valence-electron chi connectivity index (χ4n) is 2.83. The predicted octanol–water partition coefficient (Wildman–Crippen LogP) is 3.74. The third-order valence-corrected chi connectivity index (χ3v) is 4.30. The van der Waals surface area contributed by atoms with Gasteiger partial charge in [-0.25, -0.2) is 4.68 Å². The van der Waals surface area contributed by atoms with Gasteiger partial charge in [0.15, 0.2) is 5.78 Å². The van der Waals surface area contributed by atoms with E-state index in [1.807, 2.05) is 48.9 Å². The summed E-state index contributed by atoms with van der Waals surface area (Å²) in [4.78, 5) is 23.6. The molecule has 0 aliphatic heterocycles. The monoisotopic (exact) mass is 362 g/mol. The summed E-state index contributed by atoms with van der Waals surface area (Å²) in [6, 6.07) is 16.8. The van der Waals surface area contributed by atoms with Gasteiger partial charge in [-0.05, 0) is 57.2 Å². The summed E-state index contributed by atoms with van der Waals surface area (Å²) in [5.41, 5.74) is 4.72. The van der Waals surface area contributed by atoms with Crippen molar-refractivity contribution in [2.24, 2.45) is 0 Å². The van der Waals surface area contributed by atoms with Crippen LogP contribution in [0.2, 0.25) is 0 Å². The SMILES string of the molecule is CC(=O)c1ccc(NCC(=O)Nc2c(C)nn(-c3ccccc3)c2C)cc1. The molecule has 0 aliphatic rings. The van der Waals surface area contributed by atoms with Crippen LogP contribution < -0.4 is 10.6 Å². The highest BCUT2D eigenvalue weighted by Gasteiger charge is 2.15. The number of nitrogens with one attached hydrogen (secondary N) is 2. The molecule has 138 valence electrons. The van der Waals surface area contributed by atoms with Gasteiger partial charge >= 0.3 is 0 Å². The number of para-hydroxylation sites is 1. The number of rotatable bonds is 6. The van der Waals surface area contributed by atoms with Crippen molar-refractivity contribution in [2.75, 3.05) is 17.2 Å². The van der Waals surface area contributed by atoms with Crippen molar-refractivity contribution < 1.29 is 9.59 Å². The van der Waals surface area contributed by atoms with Gasteiger partial charge in [0.05, 0.1) is 29.3 Å². The van der Waals surface area contributed by atoms with Crippen molar-refractivity contribution in [2.45, 2.75) is 20.8 Å². The third kappa shape index (κ3) is 4.23. The number of nitrogens with zero attached hydrogens (tertiary/aromatic N) is 2. The molecule has 0 bridgehead atoms. The molecule has 0 radical (unpaired) electrons. The average molecular weight is 362 g/mol. The van der Waals surface area contributed by atoms with Crippen LogP contribution >= 0.6 is 0 Å². The Morgan fingerprint density at radius 2 is 1.67 bits per heavy atom. The minimum Gasteiger partial charge on any atom is -0.376 e. The van der Waals surface area contributed by atoms with Gasteiger partial charge in [-0.3, -0.25) is 9.59 Å². The number of ketones is 1. The topological polar surface area (TPSA) is 76.0 Å². The quantitative estimate of drug-likeness (QED) is 0.655. The fraction of sp³-hybridized carbons (Fsp3) is 0.190. The van der Waals surface area contributed by atoms with Gasteiger partial charge in [-0.15, -0.1) is 0 Å². The molecule has 3 aromatic rings. The maximum absolute atomic E-state index is 12.3. The highest BCUT2D eigenvalue weighted by Crippen LogP contribution is 2.22. The Bertz CT molecular complexity index is 960. The van der Waals surface area contributed by atoms with E-state index in [0.717, 1.165) is 28.5 Å². The lowest BCUT2D eigenvalue weighted by atomic mass is 10.1. The predicted molar refractivity (Wildman–Crippen MR) is 107 cm³/mol. The standard InChI is InChI=1S/C21H22N4O2/c1-14-21(15(2)25(24-14)19-7-5-4-6-8-19)23-20(27)13-22-18-11-9-17(10-12-18)16(3)26/h4-12,22H,13H2,1-3H3,(H,23,27). The number of aryl methyl sites for hydroxylation is 1. The number of carbonyl (C=O) groups excluding carboxylic acids is 2. The molecule has 3 rings (SSSR count). The summed E-state index contributed by atoms with van der Waals surface area (Å²) in [5, 5.41) is 10.5. The molecule has 0 saturated heterocycles. The van der Waals surface area contributed by atoms with Gasteiger partial charge in [0.25, 0.3) is 0 Å². The van der Waals surface area contributed by atoms with Gasteiger partial charge in [-0.1, -0.05) is 18.2 Å². The highest BCUT2D eigenvalue weighted by molar-refractivity contribution is 5.95. The molecule has 1 aromatic heterocycles. The van der Waals surface area contributed by atoms with Gasteiger partial charge in [0.1, 0.15) is 0 Å². The van der Waals surface area contributed by atoms with Crippen LogP contribution in [0.1, 0.15) is 28.7 Å². The number of hydrogen-bond acceptors (Lipinski definition) is 4. The molecule has 2 aromatic carbocycles. The smallest absolute Gasteiger partial charge is 0.243 e. The maximum Gasteiger partial charge on any atom is 0.243 e. The first-order valence-electron chi connectivity index (χ1n) is 8.72. The molecule has 27 heavy (non-hydrogen) atoms. The van der Waals surface area contributed by atoms with E-state index in [0.29, 0.717) is 5.56 Å². The molecule has 0 fully saturated rings. The van der Waals surface area contributed by atoms with Crippen LogP contribution in [-0.2, 0) is 4.79 Å². The molecule has 2 N–H and O–H groups in total. The summed E-state index contributed by atoms with van der Waals surface area (Å²) in [7, 11) is 0. The summed E-state index contributed by atoms with van der Waals surface area (Å²) >= 11 is 0. The van der Waals surface area contributed by atoms with E-state index in [1.165, 1.54) is 6.92 Å². The van der Waals surface area contributed by atoms with Crippen molar-refractivity contribution in [1.29, 1.82) is 0 Å². The molecule has 0 unspecified atom stereocenters. The van der Waals surface area contributed by atoms with Crippen LogP contribution in [0.3, 0.4) is 0 Å². The van der Waals surface area contributed by atoms with E-state index in [4.69, 9.17) is 0 Å². The molecule has 1 heterocycles. The van der Waals surface area contributed by atoms with Crippen LogP contribution in [0.5, 0.6) is 0 Å². The fourth-order valence-corrected chi connectivity index (χ4v) is 2.83. The summed E-state index contributed by atoms with van der Waals surface area (Å²) in [6.45, 7) is 5.44. The highest BCUT2D eigenvalue weighted by atomic mass is 16.2. The van der Waals surface area contributed by atoms with Gasteiger partial charge in [0.2, 0.25) is 5.91 Å². The summed E-state index contributed by atoms with van der Waals surface area (Å²) < 4.78 is 1.82. The van der Waals surface area contributed by atoms with Crippen LogP contribution in [0.4, 0.5) is 11.4 Å². The first-order chi connectivity index (χ1) is 13.0. The summed E-state index contributed by atoms with van der Waals surface area (Å²) in [6.07, 6.45) is 0. The molecule has 6 heteroatoms. The Balaban J connectivity index is 1.66. The molecule has 1 amide bonds. The number of aromatic nitrogens is 2. The molecule has 6 nitrogen and oxygen atoms in total. The van der Waals surface area contributed by atoms with Gasteiger partial charge in [0, 0.05) is 11.3 Å². The van der Waals surface area contributed by atoms with E-state index >= 15 is 0 Å². The van der Waals surface area contributed by atoms with Crippen LogP contribution in [0.15, 0.2) is 54.6 Å². The molecule has 0 saturated carbocycles. The Hall–Kier alpha value is -3.41. The van der Waals surface area contributed by atoms with Crippen LogP contribution in [-0.4, -0.2) is 28.0 Å². The summed E-state index contributed by atoms with van der Waals surface area (Å²) in [5.74, 6) is -0.148. The number of carbonyl (C=O) groups is 2. The van der Waals surface area contributed by atoms with Crippen LogP contribution in [0, 0.1) is 13.8 Å². The molecular weight excluding hydrogens is 340 g/mol. The lowest BCUT2D eigenvalue weighted by molar-refractivity contribution is -0.114. The largest absolute Gasteiger partial charge is 0.376 e. The van der Waals surface area contributed by atoms with Gasteiger partial charge in [-0.2, -0.15) is 5.10 Å². The van der Waals surface area contributed by atoms with Crippen molar-refractivity contribution in [3.63, 3.8) is 0 Å². The molecule has 0 atom stereocenters. The number of anilines is 2. The van der Waals surface area contributed by atoms with E-state index in [9.17, 15) is 9.59 Å². The normalized spacial score (nSPS) is 10.5. The Morgan fingerprint density at radius 1 is 1.00 bits per heavy atom. The van der Waals surface area contributed by atoms with Crippen molar-refractivity contribution in [3.8, 4) is 5.69 Å². The zero-order valence-electron chi connectivity index (χ0n) is 15.6. The van der Waals surface area contributed by atoms with Crippen molar-refractivity contribution in [1.82, 2.24) is 9.78 Å². The van der Waals surface area contributed by atoms with Crippen molar-refractivity contribution in [3.05, 3.63) is 71.5 Å². The molecule has 0 spiro atoms. The minimum absolute atomic E-state index is 0.0145. The second kappa shape index (κ2) is 7.86. The van der Waals surface area contributed by atoms with E-state index in [1.54, 1.807) is 24.3 Å². The lowest BCUT2D eigenvalue weighted by Crippen LogP contribution is -2.22.